The standard InChI is InChI=1S/C25H20F3N7O3S/c1-15-20(13-30)23(33-24(36)35(15)18-5-3-4-17(11-18)25(26,27)28)19-7-6-16(12-29)10-21(19)39(37,38)32-14-22-31-8-9-34(22)2/h3-11,23,32H,14H2,1-2H3,(H,33,36)/t23-/m1/s1. The second-order valence-corrected chi connectivity index (χ2v) is 10.3. The van der Waals surface area contributed by atoms with Crippen LogP contribution in [0.3, 0.4) is 0 Å². The van der Waals surface area contributed by atoms with E-state index in [4.69, 9.17) is 0 Å². The topological polar surface area (TPSA) is 144 Å². The van der Waals surface area contributed by atoms with Crippen LogP contribution in [0.5, 0.6) is 0 Å². The second kappa shape index (κ2) is 10.2. The minimum atomic E-state index is -4.66. The van der Waals surface area contributed by atoms with Gasteiger partial charge in [0.1, 0.15) is 5.82 Å². The number of imidazole rings is 1. The van der Waals surface area contributed by atoms with E-state index in [2.05, 4.69) is 15.0 Å². The van der Waals surface area contributed by atoms with E-state index in [-0.39, 0.29) is 39.5 Å². The molecule has 0 aliphatic carbocycles. The molecule has 0 unspecified atom stereocenters. The smallest absolute Gasteiger partial charge is 0.337 e. The highest BCUT2D eigenvalue weighted by atomic mass is 32.2. The Morgan fingerprint density at radius 2 is 1.90 bits per heavy atom. The predicted octanol–water partition coefficient (Wildman–Crippen LogP) is 3.86. The molecule has 0 radical (unpaired) electrons. The largest absolute Gasteiger partial charge is 0.416 e. The summed E-state index contributed by atoms with van der Waals surface area (Å²) in [5.41, 5.74) is -1.19. The molecular weight excluding hydrogens is 535 g/mol. The maximum absolute atomic E-state index is 13.4. The number of halogens is 3. The van der Waals surface area contributed by atoms with Crippen molar-refractivity contribution in [3.63, 3.8) is 0 Å². The summed E-state index contributed by atoms with van der Waals surface area (Å²) in [5, 5.41) is 21.9. The van der Waals surface area contributed by atoms with E-state index in [1.165, 1.54) is 31.3 Å². The highest BCUT2D eigenvalue weighted by Crippen LogP contribution is 2.38. The quantitative estimate of drug-likeness (QED) is 0.473. The number of allylic oxidation sites excluding steroid dienone is 1. The van der Waals surface area contributed by atoms with Crippen molar-refractivity contribution in [2.45, 2.75) is 30.6 Å². The van der Waals surface area contributed by atoms with Gasteiger partial charge >= 0.3 is 12.2 Å². The fraction of sp³-hybridized carbons (Fsp3) is 0.200. The minimum Gasteiger partial charge on any atom is -0.337 e. The predicted molar refractivity (Wildman–Crippen MR) is 132 cm³/mol. The van der Waals surface area contributed by atoms with Crippen LogP contribution in [-0.4, -0.2) is 24.0 Å². The lowest BCUT2D eigenvalue weighted by Gasteiger charge is -2.34. The van der Waals surface area contributed by atoms with Crippen LogP contribution < -0.4 is 14.9 Å². The molecule has 2 heterocycles. The van der Waals surface area contributed by atoms with Crippen molar-refractivity contribution in [2.75, 3.05) is 4.90 Å². The van der Waals surface area contributed by atoms with E-state index >= 15 is 0 Å². The lowest BCUT2D eigenvalue weighted by Crippen LogP contribution is -2.47. The van der Waals surface area contributed by atoms with Crippen LogP contribution in [0, 0.1) is 22.7 Å². The molecule has 1 aliphatic rings. The number of rotatable bonds is 6. The number of nitrogens with one attached hydrogen (secondary N) is 2. The van der Waals surface area contributed by atoms with E-state index < -0.39 is 33.8 Å². The van der Waals surface area contributed by atoms with Crippen LogP contribution in [0.2, 0.25) is 0 Å². The molecule has 10 nitrogen and oxygen atoms in total. The van der Waals surface area contributed by atoms with Crippen molar-refractivity contribution < 1.29 is 26.4 Å². The Balaban J connectivity index is 1.79. The number of aryl methyl sites for hydroxylation is 1. The van der Waals surface area contributed by atoms with E-state index in [1.807, 2.05) is 12.1 Å². The molecule has 3 aromatic rings. The molecule has 0 spiro atoms. The third-order valence-electron chi connectivity index (χ3n) is 6.12. The SMILES string of the molecule is CC1=C(C#N)[C@@H](c2ccc(C#N)cc2S(=O)(=O)NCc2nccn2C)NC(=O)N1c1cccc(C(F)(F)F)c1. The number of carbonyl (C=O) groups is 1. The number of urea groups is 1. The zero-order valence-corrected chi connectivity index (χ0v) is 21.3. The first-order valence-electron chi connectivity index (χ1n) is 11.3. The first kappa shape index (κ1) is 27.4. The van der Waals surface area contributed by atoms with Crippen molar-refractivity contribution in [3.05, 3.63) is 88.6 Å². The Morgan fingerprint density at radius 1 is 1.15 bits per heavy atom. The van der Waals surface area contributed by atoms with E-state index in [0.29, 0.717) is 5.82 Å². The monoisotopic (exact) mass is 555 g/mol. The molecule has 1 atom stereocenters. The number of alkyl halides is 3. The fourth-order valence-electron chi connectivity index (χ4n) is 4.13. The average molecular weight is 556 g/mol. The molecule has 0 bridgehead atoms. The van der Waals surface area contributed by atoms with Gasteiger partial charge in [0.2, 0.25) is 10.0 Å². The summed E-state index contributed by atoms with van der Waals surface area (Å²) in [6, 6.07) is 9.48. The van der Waals surface area contributed by atoms with Gasteiger partial charge in [-0.05, 0) is 42.8 Å². The third-order valence-corrected chi connectivity index (χ3v) is 7.58. The van der Waals surface area contributed by atoms with Gasteiger partial charge in [0.25, 0.3) is 0 Å². The number of benzene rings is 2. The molecule has 200 valence electrons. The highest BCUT2D eigenvalue weighted by molar-refractivity contribution is 7.89. The number of sulfonamides is 1. The summed E-state index contributed by atoms with van der Waals surface area (Å²) in [4.78, 5) is 17.8. The van der Waals surface area contributed by atoms with Gasteiger partial charge in [0, 0.05) is 25.1 Å². The maximum Gasteiger partial charge on any atom is 0.416 e. The van der Waals surface area contributed by atoms with Gasteiger partial charge < -0.3 is 9.88 Å². The average Bonchev–Trinajstić information content (AvgIpc) is 3.31. The molecular formula is C25H20F3N7O3S. The molecule has 39 heavy (non-hydrogen) atoms. The van der Waals surface area contributed by atoms with Crippen molar-refractivity contribution in [3.8, 4) is 12.1 Å². The van der Waals surface area contributed by atoms with Gasteiger partial charge in [0.05, 0.1) is 52.0 Å². The van der Waals surface area contributed by atoms with E-state index in [0.717, 1.165) is 29.2 Å². The number of hydrogen-bond acceptors (Lipinski definition) is 6. The van der Waals surface area contributed by atoms with Crippen LogP contribution in [0.1, 0.15) is 35.5 Å². The molecule has 14 heteroatoms. The fourth-order valence-corrected chi connectivity index (χ4v) is 5.38. The molecule has 2 amide bonds. The number of carbonyl (C=O) groups excluding carboxylic acids is 1. The van der Waals surface area contributed by atoms with Gasteiger partial charge in [-0.1, -0.05) is 12.1 Å². The lowest BCUT2D eigenvalue weighted by atomic mass is 9.94. The Kier molecular flexibility index (Phi) is 7.19. The zero-order chi connectivity index (χ0) is 28.5. The summed E-state index contributed by atoms with van der Waals surface area (Å²) >= 11 is 0. The van der Waals surface area contributed by atoms with Crippen LogP contribution >= 0.6 is 0 Å². The Morgan fingerprint density at radius 3 is 2.51 bits per heavy atom. The van der Waals surface area contributed by atoms with Crippen LogP contribution in [-0.2, 0) is 29.8 Å². The molecule has 0 saturated heterocycles. The second-order valence-electron chi connectivity index (χ2n) is 8.52. The summed E-state index contributed by atoms with van der Waals surface area (Å²) in [7, 11) is -2.62. The number of nitrogens with zero attached hydrogens (tertiary/aromatic N) is 5. The third kappa shape index (κ3) is 5.34. The first-order chi connectivity index (χ1) is 18.4. The van der Waals surface area contributed by atoms with Crippen molar-refractivity contribution in [1.29, 1.82) is 10.5 Å². The van der Waals surface area contributed by atoms with Crippen molar-refractivity contribution >= 4 is 21.7 Å². The van der Waals surface area contributed by atoms with E-state index in [9.17, 15) is 36.9 Å². The minimum absolute atomic E-state index is 0.00529. The molecule has 0 fully saturated rings. The van der Waals surface area contributed by atoms with Gasteiger partial charge in [-0.3, -0.25) is 4.90 Å². The lowest BCUT2D eigenvalue weighted by molar-refractivity contribution is -0.137. The molecule has 1 aromatic heterocycles. The summed E-state index contributed by atoms with van der Waals surface area (Å²) in [6.45, 7) is 1.20. The van der Waals surface area contributed by atoms with Crippen LogP contribution in [0.25, 0.3) is 0 Å². The number of aromatic nitrogens is 2. The highest BCUT2D eigenvalue weighted by Gasteiger charge is 2.37. The number of hydrogen-bond donors (Lipinski definition) is 2. The van der Waals surface area contributed by atoms with E-state index in [1.54, 1.807) is 17.8 Å². The van der Waals surface area contributed by atoms with Crippen molar-refractivity contribution in [1.82, 2.24) is 19.6 Å². The van der Waals surface area contributed by atoms with Crippen molar-refractivity contribution in [2.24, 2.45) is 7.05 Å². The number of amides is 2. The van der Waals surface area contributed by atoms with Crippen LogP contribution in [0.4, 0.5) is 23.7 Å². The van der Waals surface area contributed by atoms with Crippen LogP contribution in [0.15, 0.2) is 71.0 Å². The van der Waals surface area contributed by atoms with Gasteiger partial charge in [-0.15, -0.1) is 0 Å². The first-order valence-corrected chi connectivity index (χ1v) is 12.7. The summed E-state index contributed by atoms with van der Waals surface area (Å²) in [6.07, 6.45) is -1.54. The Bertz CT molecular complexity index is 1680. The summed E-state index contributed by atoms with van der Waals surface area (Å²) < 4.78 is 70.6. The van der Waals surface area contributed by atoms with Gasteiger partial charge in [-0.25, -0.2) is 22.9 Å². The Hall–Kier alpha value is -4.66. The normalized spacial score (nSPS) is 16.0. The van der Waals surface area contributed by atoms with Gasteiger partial charge in [0.15, 0.2) is 0 Å². The molecule has 0 saturated carbocycles. The molecule has 2 aromatic carbocycles. The zero-order valence-electron chi connectivity index (χ0n) is 20.5. The summed E-state index contributed by atoms with van der Waals surface area (Å²) in [5.74, 6) is 0.410. The number of nitriles is 2. The Labute approximate surface area is 221 Å². The molecule has 1 aliphatic heterocycles. The van der Waals surface area contributed by atoms with Gasteiger partial charge in [-0.2, -0.15) is 23.7 Å². The molecule has 4 rings (SSSR count). The number of anilines is 1. The molecule has 2 N–H and O–H groups in total. The maximum atomic E-state index is 13.4.